The Hall–Kier alpha value is -0.570. The fraction of sp³-hybridized carbons (Fsp3) is 0.929. The van der Waals surface area contributed by atoms with Crippen molar-refractivity contribution in [1.29, 1.82) is 0 Å². The van der Waals surface area contributed by atoms with E-state index in [2.05, 4.69) is 45.3 Å². The fourth-order valence-corrected chi connectivity index (χ4v) is 2.19. The lowest BCUT2D eigenvalue weighted by Gasteiger charge is -2.23. The maximum Gasteiger partial charge on any atom is 0.234 e. The lowest BCUT2D eigenvalue weighted by Crippen LogP contribution is -2.44. The third-order valence-corrected chi connectivity index (χ3v) is 3.69. The smallest absolute Gasteiger partial charge is 0.234 e. The number of carbonyl (C=O) groups is 1. The predicted molar refractivity (Wildman–Crippen MR) is 74.0 cm³/mol. The van der Waals surface area contributed by atoms with Crippen LogP contribution in [0.1, 0.15) is 60.3 Å². The molecule has 1 unspecified atom stereocenters. The molecule has 0 aliphatic carbocycles. The Morgan fingerprint density at radius 1 is 1.00 bits per heavy atom. The number of amides is 1. The summed E-state index contributed by atoms with van der Waals surface area (Å²) in [7, 11) is 0. The number of hydrogen-bond donors (Lipinski definition) is 2. The minimum atomic E-state index is 0.122. The van der Waals surface area contributed by atoms with Crippen molar-refractivity contribution in [3.63, 3.8) is 0 Å². The van der Waals surface area contributed by atoms with Gasteiger partial charge in [0.05, 0.1) is 6.54 Å². The molecule has 102 valence electrons. The summed E-state index contributed by atoms with van der Waals surface area (Å²) in [4.78, 5) is 11.7. The van der Waals surface area contributed by atoms with Gasteiger partial charge in [0.1, 0.15) is 0 Å². The van der Waals surface area contributed by atoms with Gasteiger partial charge in [-0.3, -0.25) is 4.79 Å². The zero-order valence-electron chi connectivity index (χ0n) is 12.2. The Kier molecular flexibility index (Phi) is 9.14. The molecule has 1 atom stereocenters. The molecule has 0 spiro atoms. The molecule has 0 saturated heterocycles. The van der Waals surface area contributed by atoms with E-state index in [0.29, 0.717) is 24.5 Å². The zero-order chi connectivity index (χ0) is 13.3. The fourth-order valence-electron chi connectivity index (χ4n) is 2.19. The number of nitrogens with one attached hydrogen (secondary N) is 2. The standard InChI is InChI=1S/C14H30N2O/c1-6-12(7-2)11(5)15-10-14(17)16-13(8-3)9-4/h11-13,15H,6-10H2,1-5H3,(H,16,17). The first-order chi connectivity index (χ1) is 8.08. The largest absolute Gasteiger partial charge is 0.352 e. The van der Waals surface area contributed by atoms with Crippen LogP contribution in [-0.4, -0.2) is 24.5 Å². The van der Waals surface area contributed by atoms with E-state index in [1.54, 1.807) is 0 Å². The Morgan fingerprint density at radius 2 is 1.53 bits per heavy atom. The van der Waals surface area contributed by atoms with Crippen molar-refractivity contribution in [3.8, 4) is 0 Å². The first-order valence-corrected chi connectivity index (χ1v) is 7.11. The van der Waals surface area contributed by atoms with Crippen LogP contribution in [0.3, 0.4) is 0 Å². The Labute approximate surface area is 107 Å². The maximum atomic E-state index is 11.7. The van der Waals surface area contributed by atoms with Crippen LogP contribution in [0.2, 0.25) is 0 Å². The van der Waals surface area contributed by atoms with Crippen molar-refractivity contribution < 1.29 is 4.79 Å². The van der Waals surface area contributed by atoms with E-state index in [9.17, 15) is 4.79 Å². The monoisotopic (exact) mass is 242 g/mol. The summed E-state index contributed by atoms with van der Waals surface area (Å²) in [6.07, 6.45) is 4.34. The highest BCUT2D eigenvalue weighted by Crippen LogP contribution is 2.12. The Bertz CT molecular complexity index is 198. The second-order valence-corrected chi connectivity index (χ2v) is 4.83. The molecule has 0 aromatic heterocycles. The number of carbonyl (C=O) groups excluding carboxylic acids is 1. The molecule has 3 heteroatoms. The zero-order valence-corrected chi connectivity index (χ0v) is 12.2. The van der Waals surface area contributed by atoms with Crippen molar-refractivity contribution >= 4 is 5.91 Å². The summed E-state index contributed by atoms with van der Waals surface area (Å²) < 4.78 is 0. The average Bonchev–Trinajstić information content (AvgIpc) is 2.34. The van der Waals surface area contributed by atoms with Gasteiger partial charge in [-0.25, -0.2) is 0 Å². The quantitative estimate of drug-likeness (QED) is 0.653. The minimum Gasteiger partial charge on any atom is -0.352 e. The van der Waals surface area contributed by atoms with E-state index < -0.39 is 0 Å². The lowest BCUT2D eigenvalue weighted by atomic mass is 9.95. The van der Waals surface area contributed by atoms with Crippen molar-refractivity contribution in [2.45, 2.75) is 72.4 Å². The molecule has 3 nitrogen and oxygen atoms in total. The summed E-state index contributed by atoms with van der Waals surface area (Å²) in [6.45, 7) is 11.2. The molecular formula is C14H30N2O. The molecule has 1 amide bonds. The van der Waals surface area contributed by atoms with Crippen molar-refractivity contribution in [1.82, 2.24) is 10.6 Å². The van der Waals surface area contributed by atoms with Gasteiger partial charge in [0.15, 0.2) is 0 Å². The summed E-state index contributed by atoms with van der Waals surface area (Å²) in [5.74, 6) is 0.785. The van der Waals surface area contributed by atoms with Crippen molar-refractivity contribution in [2.75, 3.05) is 6.54 Å². The van der Waals surface area contributed by atoms with Crippen LogP contribution < -0.4 is 10.6 Å². The second kappa shape index (κ2) is 9.46. The molecule has 0 rings (SSSR count). The maximum absolute atomic E-state index is 11.7. The second-order valence-electron chi connectivity index (χ2n) is 4.83. The van der Waals surface area contributed by atoms with Crippen LogP contribution in [0, 0.1) is 5.92 Å². The third-order valence-electron chi connectivity index (χ3n) is 3.69. The molecular weight excluding hydrogens is 212 g/mol. The Morgan fingerprint density at radius 3 is 1.94 bits per heavy atom. The van der Waals surface area contributed by atoms with Gasteiger partial charge in [-0.05, 0) is 25.7 Å². The average molecular weight is 242 g/mol. The van der Waals surface area contributed by atoms with E-state index in [1.165, 1.54) is 12.8 Å². The van der Waals surface area contributed by atoms with E-state index in [4.69, 9.17) is 0 Å². The first kappa shape index (κ1) is 16.4. The van der Waals surface area contributed by atoms with E-state index >= 15 is 0 Å². The van der Waals surface area contributed by atoms with Crippen LogP contribution >= 0.6 is 0 Å². The van der Waals surface area contributed by atoms with Gasteiger partial charge in [-0.1, -0.05) is 40.5 Å². The third kappa shape index (κ3) is 6.67. The molecule has 0 saturated carbocycles. The highest BCUT2D eigenvalue weighted by Gasteiger charge is 2.14. The summed E-state index contributed by atoms with van der Waals surface area (Å²) in [5, 5.41) is 6.37. The van der Waals surface area contributed by atoms with Gasteiger partial charge in [-0.2, -0.15) is 0 Å². The highest BCUT2D eigenvalue weighted by molar-refractivity contribution is 5.78. The van der Waals surface area contributed by atoms with E-state index in [-0.39, 0.29) is 5.91 Å². The number of rotatable bonds is 9. The number of hydrogen-bond acceptors (Lipinski definition) is 2. The Balaban J connectivity index is 3.90. The minimum absolute atomic E-state index is 0.122. The normalized spacial score (nSPS) is 13.1. The summed E-state index contributed by atoms with van der Waals surface area (Å²) in [6, 6.07) is 0.741. The molecule has 0 radical (unpaired) electrons. The van der Waals surface area contributed by atoms with Crippen LogP contribution in [0.25, 0.3) is 0 Å². The van der Waals surface area contributed by atoms with Crippen LogP contribution in [0.5, 0.6) is 0 Å². The molecule has 0 fully saturated rings. The topological polar surface area (TPSA) is 41.1 Å². The summed E-state index contributed by atoms with van der Waals surface area (Å²) in [5.41, 5.74) is 0. The molecule has 0 aromatic rings. The van der Waals surface area contributed by atoms with Gasteiger partial charge in [0.2, 0.25) is 5.91 Å². The van der Waals surface area contributed by atoms with Crippen LogP contribution in [0.15, 0.2) is 0 Å². The molecule has 2 N–H and O–H groups in total. The van der Waals surface area contributed by atoms with Gasteiger partial charge in [0, 0.05) is 12.1 Å². The molecule has 0 aromatic carbocycles. The van der Waals surface area contributed by atoms with E-state index in [0.717, 1.165) is 12.8 Å². The molecule has 0 aliphatic rings. The molecule has 0 aliphatic heterocycles. The van der Waals surface area contributed by atoms with Crippen LogP contribution in [0.4, 0.5) is 0 Å². The predicted octanol–water partition coefficient (Wildman–Crippen LogP) is 2.71. The highest BCUT2D eigenvalue weighted by atomic mass is 16.1. The van der Waals surface area contributed by atoms with Crippen molar-refractivity contribution in [3.05, 3.63) is 0 Å². The van der Waals surface area contributed by atoms with Gasteiger partial charge in [-0.15, -0.1) is 0 Å². The molecule has 17 heavy (non-hydrogen) atoms. The van der Waals surface area contributed by atoms with Gasteiger partial charge < -0.3 is 10.6 Å². The summed E-state index contributed by atoms with van der Waals surface area (Å²) >= 11 is 0. The molecule has 0 bridgehead atoms. The van der Waals surface area contributed by atoms with Crippen molar-refractivity contribution in [2.24, 2.45) is 5.92 Å². The molecule has 0 heterocycles. The SMILES string of the molecule is CCC(CC)NC(=O)CNC(C)C(CC)CC. The van der Waals surface area contributed by atoms with E-state index in [1.807, 2.05) is 0 Å². The lowest BCUT2D eigenvalue weighted by molar-refractivity contribution is -0.121. The van der Waals surface area contributed by atoms with Gasteiger partial charge >= 0.3 is 0 Å². The van der Waals surface area contributed by atoms with Crippen LogP contribution in [-0.2, 0) is 4.79 Å². The van der Waals surface area contributed by atoms with Gasteiger partial charge in [0.25, 0.3) is 0 Å². The first-order valence-electron chi connectivity index (χ1n) is 7.11.